The molecule has 0 aliphatic heterocycles. The van der Waals surface area contributed by atoms with Crippen molar-refractivity contribution >= 4 is 0 Å². The summed E-state index contributed by atoms with van der Waals surface area (Å²) in [5.74, 6) is 3.04. The van der Waals surface area contributed by atoms with Crippen LogP contribution in [0, 0.1) is 0 Å². The van der Waals surface area contributed by atoms with Gasteiger partial charge in [0.1, 0.15) is 11.6 Å². The fraction of sp³-hybridized carbons (Fsp3) is 0.222. The summed E-state index contributed by atoms with van der Waals surface area (Å²) in [6.07, 6.45) is 0. The average Bonchev–Trinajstić information content (AvgIpc) is 3.16. The van der Waals surface area contributed by atoms with Crippen LogP contribution in [-0.4, -0.2) is 36.5 Å². The number of nitrogens with two attached hydrogens (primary N) is 1. The second-order valence-corrected chi connectivity index (χ2v) is 5.34. The van der Waals surface area contributed by atoms with Crippen LogP contribution in [-0.2, 0) is 0 Å². The van der Waals surface area contributed by atoms with Gasteiger partial charge >= 0.3 is 0 Å². The van der Waals surface area contributed by atoms with Crippen molar-refractivity contribution in [3.05, 3.63) is 53.9 Å². The summed E-state index contributed by atoms with van der Waals surface area (Å²) >= 11 is 0. The maximum Gasteiger partial charge on any atom is 0.184 e. The van der Waals surface area contributed by atoms with E-state index in [-0.39, 0.29) is 0 Å². The van der Waals surface area contributed by atoms with Gasteiger partial charge in [-0.3, -0.25) is 5.10 Å². The number of para-hydroxylation sites is 1. The number of aromatic nitrogens is 3. The van der Waals surface area contributed by atoms with E-state index in [4.69, 9.17) is 19.9 Å². The van der Waals surface area contributed by atoms with Crippen LogP contribution >= 0.6 is 0 Å². The highest BCUT2D eigenvalue weighted by Crippen LogP contribution is 2.32. The van der Waals surface area contributed by atoms with Crippen LogP contribution in [0.25, 0.3) is 11.4 Å². The van der Waals surface area contributed by atoms with E-state index in [1.165, 1.54) is 0 Å². The Labute approximate surface area is 145 Å². The number of ether oxygens (including phenoxy) is 3. The first-order valence-corrected chi connectivity index (χ1v) is 7.71. The largest absolute Gasteiger partial charge is 0.496 e. The van der Waals surface area contributed by atoms with Crippen LogP contribution < -0.4 is 19.9 Å². The van der Waals surface area contributed by atoms with Crippen LogP contribution in [0.5, 0.6) is 17.2 Å². The first-order chi connectivity index (χ1) is 12.2. The number of H-pyrrole nitrogens is 1. The molecule has 0 saturated heterocycles. The zero-order chi connectivity index (χ0) is 17.8. The predicted octanol–water partition coefficient (Wildman–Crippen LogP) is 2.55. The highest BCUT2D eigenvalue weighted by molar-refractivity contribution is 5.63. The Balaban J connectivity index is 1.92. The van der Waals surface area contributed by atoms with Gasteiger partial charge in [-0.2, -0.15) is 5.10 Å². The van der Waals surface area contributed by atoms with Crippen molar-refractivity contribution in [2.75, 3.05) is 21.3 Å². The molecule has 3 aromatic rings. The Morgan fingerprint density at radius 2 is 1.64 bits per heavy atom. The van der Waals surface area contributed by atoms with Gasteiger partial charge in [-0.25, -0.2) is 4.98 Å². The molecule has 1 unspecified atom stereocenters. The molecule has 25 heavy (non-hydrogen) atoms. The summed E-state index contributed by atoms with van der Waals surface area (Å²) in [5, 5.41) is 7.17. The van der Waals surface area contributed by atoms with Crippen LogP contribution in [0.4, 0.5) is 0 Å². The van der Waals surface area contributed by atoms with Gasteiger partial charge in [0, 0.05) is 0 Å². The first-order valence-electron chi connectivity index (χ1n) is 7.71. The molecule has 7 nitrogen and oxygen atoms in total. The smallest absolute Gasteiger partial charge is 0.184 e. The Bertz CT molecular complexity index is 863. The van der Waals surface area contributed by atoms with Crippen LogP contribution in [0.1, 0.15) is 17.4 Å². The molecule has 1 atom stereocenters. The number of rotatable bonds is 6. The van der Waals surface area contributed by atoms with Gasteiger partial charge in [-0.1, -0.05) is 18.2 Å². The summed E-state index contributed by atoms with van der Waals surface area (Å²) < 4.78 is 15.9. The molecule has 3 N–H and O–H groups in total. The van der Waals surface area contributed by atoms with Crippen molar-refractivity contribution in [1.29, 1.82) is 0 Å². The zero-order valence-electron chi connectivity index (χ0n) is 14.3. The number of methoxy groups -OCH3 is 3. The quantitative estimate of drug-likeness (QED) is 0.716. The van der Waals surface area contributed by atoms with E-state index in [1.807, 2.05) is 42.5 Å². The van der Waals surface area contributed by atoms with E-state index >= 15 is 0 Å². The van der Waals surface area contributed by atoms with Crippen LogP contribution in [0.3, 0.4) is 0 Å². The van der Waals surface area contributed by atoms with Gasteiger partial charge < -0.3 is 19.9 Å². The Morgan fingerprint density at radius 1 is 0.920 bits per heavy atom. The molecule has 0 bridgehead atoms. The molecule has 0 saturated carbocycles. The van der Waals surface area contributed by atoms with Crippen molar-refractivity contribution in [3.63, 3.8) is 0 Å². The maximum atomic E-state index is 6.33. The molecule has 3 rings (SSSR count). The highest BCUT2D eigenvalue weighted by atomic mass is 16.5. The molecule has 1 heterocycles. The summed E-state index contributed by atoms with van der Waals surface area (Å²) in [6, 6.07) is 12.6. The van der Waals surface area contributed by atoms with Crippen molar-refractivity contribution in [3.8, 4) is 28.6 Å². The lowest BCUT2D eigenvalue weighted by molar-refractivity contribution is 0.354. The lowest BCUT2D eigenvalue weighted by Gasteiger charge is -2.13. The molecular formula is C18H20N4O3. The summed E-state index contributed by atoms with van der Waals surface area (Å²) in [4.78, 5) is 4.52. The van der Waals surface area contributed by atoms with E-state index in [2.05, 4.69) is 15.2 Å². The highest BCUT2D eigenvalue weighted by Gasteiger charge is 2.18. The van der Waals surface area contributed by atoms with Gasteiger partial charge in [0.15, 0.2) is 17.3 Å². The Morgan fingerprint density at radius 3 is 2.36 bits per heavy atom. The SMILES string of the molecule is COc1ccc(C(N)c2nc(-c3ccccc3OC)n[nH]2)cc1OC. The minimum absolute atomic E-state index is 0.476. The fourth-order valence-corrected chi connectivity index (χ4v) is 2.57. The third kappa shape index (κ3) is 3.27. The summed E-state index contributed by atoms with van der Waals surface area (Å²) in [7, 11) is 4.79. The summed E-state index contributed by atoms with van der Waals surface area (Å²) in [6.45, 7) is 0. The standard InChI is InChI=1S/C18H20N4O3/c1-23-13-7-5-4-6-12(13)17-20-18(22-21-17)16(19)11-8-9-14(24-2)15(10-11)25-3/h4-10,16H,19H2,1-3H3,(H,20,21,22). The second-order valence-electron chi connectivity index (χ2n) is 5.34. The number of nitrogens with zero attached hydrogens (tertiary/aromatic N) is 2. The van der Waals surface area contributed by atoms with Gasteiger partial charge in [0.25, 0.3) is 0 Å². The second kappa shape index (κ2) is 7.23. The molecule has 1 aromatic heterocycles. The third-order valence-electron chi connectivity index (χ3n) is 3.91. The maximum absolute atomic E-state index is 6.33. The molecule has 130 valence electrons. The topological polar surface area (TPSA) is 95.3 Å². The summed E-state index contributed by atoms with van der Waals surface area (Å²) in [5.41, 5.74) is 7.96. The minimum Gasteiger partial charge on any atom is -0.496 e. The lowest BCUT2D eigenvalue weighted by Crippen LogP contribution is -2.14. The number of aromatic amines is 1. The van der Waals surface area contributed by atoms with Crippen LogP contribution in [0.2, 0.25) is 0 Å². The Kier molecular flexibility index (Phi) is 4.85. The number of nitrogens with one attached hydrogen (secondary N) is 1. The zero-order valence-corrected chi connectivity index (χ0v) is 14.3. The molecule has 0 amide bonds. The van der Waals surface area contributed by atoms with Crippen molar-refractivity contribution in [1.82, 2.24) is 15.2 Å². The lowest BCUT2D eigenvalue weighted by atomic mass is 10.1. The van der Waals surface area contributed by atoms with Gasteiger partial charge in [0.2, 0.25) is 0 Å². The molecule has 0 fully saturated rings. The van der Waals surface area contributed by atoms with Crippen molar-refractivity contribution < 1.29 is 14.2 Å². The third-order valence-corrected chi connectivity index (χ3v) is 3.91. The number of hydrogen-bond acceptors (Lipinski definition) is 6. The van der Waals surface area contributed by atoms with E-state index in [1.54, 1.807) is 21.3 Å². The average molecular weight is 340 g/mol. The van der Waals surface area contributed by atoms with Gasteiger partial charge in [0.05, 0.1) is 32.9 Å². The number of benzene rings is 2. The Hall–Kier alpha value is -3.06. The fourth-order valence-electron chi connectivity index (χ4n) is 2.57. The molecule has 0 spiro atoms. The van der Waals surface area contributed by atoms with Gasteiger partial charge in [-0.15, -0.1) is 0 Å². The van der Waals surface area contributed by atoms with Crippen molar-refractivity contribution in [2.24, 2.45) is 5.73 Å². The molecule has 0 aliphatic carbocycles. The van der Waals surface area contributed by atoms with Gasteiger partial charge in [-0.05, 0) is 29.8 Å². The molecule has 0 aliphatic rings. The minimum atomic E-state index is -0.476. The molecule has 7 heteroatoms. The number of hydrogen-bond donors (Lipinski definition) is 2. The normalized spacial score (nSPS) is 11.8. The van der Waals surface area contributed by atoms with E-state index in [0.29, 0.717) is 28.9 Å². The van der Waals surface area contributed by atoms with Crippen LogP contribution in [0.15, 0.2) is 42.5 Å². The van der Waals surface area contributed by atoms with E-state index < -0.39 is 6.04 Å². The first kappa shape index (κ1) is 16.8. The predicted molar refractivity (Wildman–Crippen MR) is 93.9 cm³/mol. The molecule has 2 aromatic carbocycles. The molecule has 0 radical (unpaired) electrons. The molecular weight excluding hydrogens is 320 g/mol. The van der Waals surface area contributed by atoms with E-state index in [0.717, 1.165) is 11.1 Å². The monoisotopic (exact) mass is 340 g/mol. The van der Waals surface area contributed by atoms with E-state index in [9.17, 15) is 0 Å². The van der Waals surface area contributed by atoms with Crippen molar-refractivity contribution in [2.45, 2.75) is 6.04 Å².